The van der Waals surface area contributed by atoms with Gasteiger partial charge in [-0.15, -0.1) is 0 Å². The molecule has 0 aliphatic rings. The molecule has 0 saturated carbocycles. The van der Waals surface area contributed by atoms with E-state index in [1.54, 1.807) is 12.1 Å². The van der Waals surface area contributed by atoms with E-state index in [4.69, 9.17) is 0 Å². The van der Waals surface area contributed by atoms with E-state index < -0.39 is 6.43 Å². The lowest BCUT2D eigenvalue weighted by Crippen LogP contribution is -2.04. The largest absolute Gasteiger partial charge is 0.325 e. The molecule has 0 aliphatic carbocycles. The summed E-state index contributed by atoms with van der Waals surface area (Å²) >= 11 is 3.31. The zero-order valence-corrected chi connectivity index (χ0v) is 8.71. The van der Waals surface area contributed by atoms with Gasteiger partial charge in [-0.05, 0) is 28.1 Å². The Balaban J connectivity index is 2.52. The first-order valence-electron chi connectivity index (χ1n) is 4.06. The van der Waals surface area contributed by atoms with Crippen LogP contribution in [0.2, 0.25) is 0 Å². The van der Waals surface area contributed by atoms with Crippen LogP contribution in [0.3, 0.4) is 0 Å². The van der Waals surface area contributed by atoms with Crippen LogP contribution in [0.1, 0.15) is 0 Å². The van der Waals surface area contributed by atoms with Crippen LogP contribution in [0.4, 0.5) is 8.78 Å². The summed E-state index contributed by atoms with van der Waals surface area (Å²) in [7, 11) is 0. The minimum atomic E-state index is -2.36. The fraction of sp³-hybridized carbons (Fsp3) is 0.222. The molecule has 2 nitrogen and oxygen atoms in total. The van der Waals surface area contributed by atoms with Gasteiger partial charge in [-0.3, -0.25) is 0 Å². The number of halogens is 3. The van der Waals surface area contributed by atoms with Crippen LogP contribution in [0, 0.1) is 0 Å². The Hall–Kier alpha value is -0.970. The van der Waals surface area contributed by atoms with Gasteiger partial charge in [-0.25, -0.2) is 13.8 Å². The molecule has 0 unspecified atom stereocenters. The van der Waals surface area contributed by atoms with E-state index in [0.717, 1.165) is 9.99 Å². The third kappa shape index (κ3) is 1.64. The Morgan fingerprint density at radius 1 is 1.43 bits per heavy atom. The predicted octanol–water partition coefficient (Wildman–Crippen LogP) is 3.06. The monoisotopic (exact) mass is 260 g/mol. The summed E-state index contributed by atoms with van der Waals surface area (Å²) in [6.07, 6.45) is -0.923. The molecule has 0 spiro atoms. The van der Waals surface area contributed by atoms with Crippen molar-refractivity contribution in [1.82, 2.24) is 9.55 Å². The third-order valence-corrected chi connectivity index (χ3v) is 2.58. The first-order valence-corrected chi connectivity index (χ1v) is 4.85. The Labute approximate surface area is 87.7 Å². The fourth-order valence-electron chi connectivity index (χ4n) is 1.35. The zero-order valence-electron chi connectivity index (χ0n) is 7.12. The fourth-order valence-corrected chi connectivity index (χ4v) is 1.81. The summed E-state index contributed by atoms with van der Waals surface area (Å²) < 4.78 is 26.6. The predicted molar refractivity (Wildman–Crippen MR) is 53.4 cm³/mol. The third-order valence-electron chi connectivity index (χ3n) is 1.94. The average molecular weight is 261 g/mol. The average Bonchev–Trinajstić information content (AvgIpc) is 2.49. The molecule has 0 fully saturated rings. The van der Waals surface area contributed by atoms with Gasteiger partial charge in [0.25, 0.3) is 6.43 Å². The Bertz CT molecular complexity index is 453. The van der Waals surface area contributed by atoms with Crippen molar-refractivity contribution >= 4 is 27.0 Å². The van der Waals surface area contributed by atoms with Gasteiger partial charge in [0, 0.05) is 4.47 Å². The summed E-state index contributed by atoms with van der Waals surface area (Å²) in [4.78, 5) is 4.05. The number of rotatable bonds is 2. The molecular weight excluding hydrogens is 254 g/mol. The summed E-state index contributed by atoms with van der Waals surface area (Å²) in [5.41, 5.74) is 1.44. The van der Waals surface area contributed by atoms with Crippen LogP contribution < -0.4 is 0 Å². The second-order valence-corrected chi connectivity index (χ2v) is 3.75. The minimum absolute atomic E-state index is 0.313. The maximum atomic E-state index is 12.2. The normalized spacial score (nSPS) is 11.4. The van der Waals surface area contributed by atoms with Crippen molar-refractivity contribution in [2.45, 2.75) is 13.0 Å². The van der Waals surface area contributed by atoms with E-state index in [2.05, 4.69) is 20.9 Å². The Kier molecular flexibility index (Phi) is 2.50. The van der Waals surface area contributed by atoms with E-state index in [-0.39, 0.29) is 6.54 Å². The highest BCUT2D eigenvalue weighted by Crippen LogP contribution is 2.22. The number of benzene rings is 1. The molecule has 1 aromatic carbocycles. The number of hydrogen-bond donors (Lipinski definition) is 0. The van der Waals surface area contributed by atoms with E-state index in [1.807, 2.05) is 6.07 Å². The van der Waals surface area contributed by atoms with Crippen molar-refractivity contribution in [3.8, 4) is 0 Å². The maximum Gasteiger partial charge on any atom is 0.256 e. The van der Waals surface area contributed by atoms with Gasteiger partial charge >= 0.3 is 0 Å². The van der Waals surface area contributed by atoms with Crippen LogP contribution in [0.25, 0.3) is 11.0 Å². The van der Waals surface area contributed by atoms with E-state index in [0.29, 0.717) is 5.52 Å². The van der Waals surface area contributed by atoms with Crippen LogP contribution in [0.15, 0.2) is 29.0 Å². The van der Waals surface area contributed by atoms with E-state index in [1.165, 1.54) is 10.9 Å². The first-order chi connectivity index (χ1) is 6.68. The second-order valence-electron chi connectivity index (χ2n) is 2.90. The zero-order chi connectivity index (χ0) is 10.1. The van der Waals surface area contributed by atoms with Gasteiger partial charge in [0.15, 0.2) is 0 Å². The maximum absolute atomic E-state index is 12.2. The number of fused-ring (bicyclic) bond motifs is 1. The van der Waals surface area contributed by atoms with Crippen molar-refractivity contribution < 1.29 is 8.78 Å². The summed E-state index contributed by atoms with van der Waals surface area (Å²) in [6, 6.07) is 5.41. The molecule has 0 bridgehead atoms. The molecule has 0 radical (unpaired) electrons. The topological polar surface area (TPSA) is 17.8 Å². The molecule has 2 aromatic rings. The Morgan fingerprint density at radius 3 is 2.93 bits per heavy atom. The molecule has 0 amide bonds. The lowest BCUT2D eigenvalue weighted by atomic mass is 10.3. The van der Waals surface area contributed by atoms with Crippen LogP contribution in [-0.2, 0) is 6.54 Å². The molecule has 0 atom stereocenters. The summed E-state index contributed by atoms with van der Waals surface area (Å²) in [6.45, 7) is -0.313. The number of aromatic nitrogens is 2. The second kappa shape index (κ2) is 3.65. The highest BCUT2D eigenvalue weighted by molar-refractivity contribution is 9.10. The Morgan fingerprint density at radius 2 is 2.21 bits per heavy atom. The van der Waals surface area contributed by atoms with Gasteiger partial charge in [-0.1, -0.05) is 6.07 Å². The van der Waals surface area contributed by atoms with Crippen LogP contribution in [-0.4, -0.2) is 16.0 Å². The quantitative estimate of drug-likeness (QED) is 0.812. The van der Waals surface area contributed by atoms with Gasteiger partial charge < -0.3 is 4.57 Å². The van der Waals surface area contributed by atoms with Crippen LogP contribution in [0.5, 0.6) is 0 Å². The SMILES string of the molecule is FC(F)Cn1cnc2c(Br)cccc21. The molecule has 2 rings (SSSR count). The van der Waals surface area contributed by atoms with E-state index >= 15 is 0 Å². The number of nitrogens with zero attached hydrogens (tertiary/aromatic N) is 2. The molecule has 1 aromatic heterocycles. The lowest BCUT2D eigenvalue weighted by molar-refractivity contribution is 0.128. The van der Waals surface area contributed by atoms with Gasteiger partial charge in [0.05, 0.1) is 18.4 Å². The highest BCUT2D eigenvalue weighted by atomic mass is 79.9. The molecule has 74 valence electrons. The molecule has 0 aliphatic heterocycles. The van der Waals surface area contributed by atoms with Crippen LogP contribution >= 0.6 is 15.9 Å². The van der Waals surface area contributed by atoms with Crippen molar-refractivity contribution in [3.63, 3.8) is 0 Å². The number of alkyl halides is 2. The van der Waals surface area contributed by atoms with Gasteiger partial charge in [0.1, 0.15) is 5.52 Å². The van der Waals surface area contributed by atoms with Gasteiger partial charge in [-0.2, -0.15) is 0 Å². The highest BCUT2D eigenvalue weighted by Gasteiger charge is 2.09. The first kappa shape index (κ1) is 9.58. The molecule has 1 heterocycles. The number of hydrogen-bond acceptors (Lipinski definition) is 1. The van der Waals surface area contributed by atoms with Crippen molar-refractivity contribution in [2.75, 3.05) is 0 Å². The smallest absolute Gasteiger partial charge is 0.256 e. The summed E-state index contributed by atoms with van der Waals surface area (Å²) in [5.74, 6) is 0. The molecule has 0 saturated heterocycles. The van der Waals surface area contributed by atoms with Crippen molar-refractivity contribution in [1.29, 1.82) is 0 Å². The van der Waals surface area contributed by atoms with Crippen molar-refractivity contribution in [2.24, 2.45) is 0 Å². The molecule has 0 N–H and O–H groups in total. The van der Waals surface area contributed by atoms with E-state index in [9.17, 15) is 8.78 Å². The minimum Gasteiger partial charge on any atom is -0.325 e. The number of imidazole rings is 1. The standard InChI is InChI=1S/C9H7BrF2N2/c10-6-2-1-3-7-9(6)13-5-14(7)4-8(11)12/h1-3,5,8H,4H2. The lowest BCUT2D eigenvalue weighted by Gasteiger charge is -2.02. The number of para-hydroxylation sites is 1. The van der Waals surface area contributed by atoms with Crippen molar-refractivity contribution in [3.05, 3.63) is 29.0 Å². The molecule has 14 heavy (non-hydrogen) atoms. The molecule has 5 heteroatoms. The molecular formula is C9H7BrF2N2. The van der Waals surface area contributed by atoms with Gasteiger partial charge in [0.2, 0.25) is 0 Å². The summed E-state index contributed by atoms with van der Waals surface area (Å²) in [5, 5.41) is 0.